The van der Waals surface area contributed by atoms with Gasteiger partial charge >= 0.3 is 6.03 Å². The minimum atomic E-state index is -0.182. The molecule has 2 aromatic heterocycles. The average molecular weight is 358 g/mol. The monoisotopic (exact) mass is 358 g/mol. The fraction of sp³-hybridized carbons (Fsp3) is 0.500. The molecule has 4 rings (SSSR count). The third kappa shape index (κ3) is 3.02. The summed E-state index contributed by atoms with van der Waals surface area (Å²) in [6.07, 6.45) is 8.21. The Kier molecular flexibility index (Phi) is 4.43. The lowest BCUT2D eigenvalue weighted by Crippen LogP contribution is -2.68. The number of carbonyl (C=O) groups is 1. The first kappa shape index (κ1) is 16.5. The topological polar surface area (TPSA) is 76.1 Å². The van der Waals surface area contributed by atoms with E-state index in [0.717, 1.165) is 37.1 Å². The van der Waals surface area contributed by atoms with Crippen molar-refractivity contribution in [3.8, 4) is 11.3 Å². The van der Waals surface area contributed by atoms with Gasteiger partial charge in [-0.15, -0.1) is 11.3 Å². The molecular weight excluding hydrogens is 336 g/mol. The second-order valence-corrected chi connectivity index (χ2v) is 7.56. The molecule has 7 heteroatoms. The van der Waals surface area contributed by atoms with Crippen LogP contribution in [-0.4, -0.2) is 34.8 Å². The lowest BCUT2D eigenvalue weighted by atomic mass is 9.51. The Morgan fingerprint density at radius 2 is 2.36 bits per heavy atom. The lowest BCUT2D eigenvalue weighted by molar-refractivity contribution is -0.169. The number of urea groups is 1. The number of thiazole rings is 1. The summed E-state index contributed by atoms with van der Waals surface area (Å²) in [5.74, 6) is 0. The fourth-order valence-corrected chi connectivity index (χ4v) is 4.62. The van der Waals surface area contributed by atoms with Crippen molar-refractivity contribution in [3.05, 3.63) is 29.9 Å². The minimum absolute atomic E-state index is 0.164. The summed E-state index contributed by atoms with van der Waals surface area (Å²) in [5.41, 5.74) is 1.93. The molecule has 2 heterocycles. The number of anilines is 1. The molecule has 2 unspecified atom stereocenters. The summed E-state index contributed by atoms with van der Waals surface area (Å²) in [4.78, 5) is 20.9. The van der Waals surface area contributed by atoms with Crippen molar-refractivity contribution in [3.63, 3.8) is 0 Å². The van der Waals surface area contributed by atoms with Crippen molar-refractivity contribution in [2.75, 3.05) is 11.9 Å². The van der Waals surface area contributed by atoms with E-state index in [1.54, 1.807) is 12.4 Å². The van der Waals surface area contributed by atoms with Crippen LogP contribution in [0.2, 0.25) is 0 Å². The van der Waals surface area contributed by atoms with Gasteiger partial charge in [0.2, 0.25) is 0 Å². The predicted molar refractivity (Wildman–Crippen MR) is 97.6 cm³/mol. The highest BCUT2D eigenvalue weighted by atomic mass is 32.1. The number of carbonyl (C=O) groups excluding carboxylic acids is 1. The van der Waals surface area contributed by atoms with Gasteiger partial charge in [0.05, 0.1) is 11.8 Å². The minimum Gasteiger partial charge on any atom is -0.378 e. The molecule has 2 atom stereocenters. The molecular formula is C18H22N4O2S. The zero-order chi connectivity index (χ0) is 17.3. The SMILES string of the molecule is CCOC1CC(NC(=O)Nc2nc(-c3cccnc3)cs2)C12CCC2. The van der Waals surface area contributed by atoms with Crippen LogP contribution in [0.5, 0.6) is 0 Å². The van der Waals surface area contributed by atoms with E-state index >= 15 is 0 Å². The van der Waals surface area contributed by atoms with E-state index in [-0.39, 0.29) is 17.5 Å². The van der Waals surface area contributed by atoms with Crippen molar-refractivity contribution in [1.82, 2.24) is 15.3 Å². The summed E-state index contributed by atoms with van der Waals surface area (Å²) in [6.45, 7) is 2.77. The zero-order valence-electron chi connectivity index (χ0n) is 14.2. The van der Waals surface area contributed by atoms with Gasteiger partial charge in [-0.25, -0.2) is 9.78 Å². The number of amides is 2. The number of aromatic nitrogens is 2. The van der Waals surface area contributed by atoms with Gasteiger partial charge in [0, 0.05) is 41.4 Å². The highest BCUT2D eigenvalue weighted by Gasteiger charge is 2.59. The molecule has 0 bridgehead atoms. The van der Waals surface area contributed by atoms with Gasteiger partial charge in [0.1, 0.15) is 0 Å². The quantitative estimate of drug-likeness (QED) is 0.855. The smallest absolute Gasteiger partial charge is 0.321 e. The summed E-state index contributed by atoms with van der Waals surface area (Å²) in [6, 6.07) is 3.85. The third-order valence-corrected chi connectivity index (χ3v) is 6.18. The van der Waals surface area contributed by atoms with E-state index in [0.29, 0.717) is 11.2 Å². The molecule has 1 spiro atoms. The maximum atomic E-state index is 12.3. The zero-order valence-corrected chi connectivity index (χ0v) is 15.0. The standard InChI is InChI=1S/C18H22N4O2S/c1-2-24-15-9-14(18(15)6-4-7-18)21-16(23)22-17-20-13(11-25-17)12-5-3-8-19-10-12/h3,5,8,10-11,14-15H,2,4,6-7,9H2,1H3,(H2,20,21,22,23). The molecule has 2 aliphatic rings. The highest BCUT2D eigenvalue weighted by molar-refractivity contribution is 7.14. The molecule has 0 aromatic carbocycles. The van der Waals surface area contributed by atoms with Gasteiger partial charge in [-0.05, 0) is 38.3 Å². The number of nitrogens with zero attached hydrogens (tertiary/aromatic N) is 2. The van der Waals surface area contributed by atoms with Crippen molar-refractivity contribution in [2.45, 2.75) is 44.8 Å². The normalized spacial score (nSPS) is 23.6. The first-order chi connectivity index (χ1) is 12.2. The molecule has 6 nitrogen and oxygen atoms in total. The summed E-state index contributed by atoms with van der Waals surface area (Å²) in [7, 11) is 0. The third-order valence-electron chi connectivity index (χ3n) is 5.42. The van der Waals surface area contributed by atoms with Gasteiger partial charge in [-0.1, -0.05) is 6.42 Å². The molecule has 2 amide bonds. The molecule has 2 fully saturated rings. The van der Waals surface area contributed by atoms with Gasteiger partial charge in [-0.2, -0.15) is 0 Å². The first-order valence-corrected chi connectivity index (χ1v) is 9.64. The van der Waals surface area contributed by atoms with Crippen LogP contribution in [0.25, 0.3) is 11.3 Å². The van der Waals surface area contributed by atoms with Crippen molar-refractivity contribution in [1.29, 1.82) is 0 Å². The molecule has 2 aromatic rings. The van der Waals surface area contributed by atoms with Gasteiger partial charge in [0.15, 0.2) is 5.13 Å². The molecule has 25 heavy (non-hydrogen) atoms. The van der Waals surface area contributed by atoms with Crippen LogP contribution >= 0.6 is 11.3 Å². The average Bonchev–Trinajstić information content (AvgIpc) is 3.01. The number of hydrogen-bond acceptors (Lipinski definition) is 5. The van der Waals surface area contributed by atoms with Gasteiger partial charge < -0.3 is 10.1 Å². The van der Waals surface area contributed by atoms with Crippen LogP contribution in [-0.2, 0) is 4.74 Å². The molecule has 0 saturated heterocycles. The second kappa shape index (κ2) is 6.72. The Morgan fingerprint density at radius 1 is 1.48 bits per heavy atom. The van der Waals surface area contributed by atoms with Crippen LogP contribution in [0.4, 0.5) is 9.93 Å². The van der Waals surface area contributed by atoms with Crippen LogP contribution in [0.15, 0.2) is 29.9 Å². The van der Waals surface area contributed by atoms with Crippen molar-refractivity contribution >= 4 is 22.5 Å². The number of pyridine rings is 1. The molecule has 2 aliphatic carbocycles. The number of rotatable bonds is 5. The molecule has 0 radical (unpaired) electrons. The van der Waals surface area contributed by atoms with E-state index in [4.69, 9.17) is 4.74 Å². The Hall–Kier alpha value is -1.99. The number of hydrogen-bond donors (Lipinski definition) is 2. The molecule has 0 aliphatic heterocycles. The lowest BCUT2D eigenvalue weighted by Gasteiger charge is -2.60. The Bertz CT molecular complexity index is 745. The van der Waals surface area contributed by atoms with Crippen molar-refractivity contribution in [2.24, 2.45) is 5.41 Å². The maximum Gasteiger partial charge on any atom is 0.321 e. The Balaban J connectivity index is 1.35. The van der Waals surface area contributed by atoms with E-state index in [1.807, 2.05) is 24.4 Å². The van der Waals surface area contributed by atoms with Crippen molar-refractivity contribution < 1.29 is 9.53 Å². The van der Waals surface area contributed by atoms with Crippen LogP contribution in [0.3, 0.4) is 0 Å². The Morgan fingerprint density at radius 3 is 3.04 bits per heavy atom. The van der Waals surface area contributed by atoms with E-state index < -0.39 is 0 Å². The number of nitrogens with one attached hydrogen (secondary N) is 2. The summed E-state index contributed by atoms with van der Waals surface area (Å²) < 4.78 is 5.83. The maximum absolute atomic E-state index is 12.3. The molecule has 132 valence electrons. The van der Waals surface area contributed by atoms with E-state index in [1.165, 1.54) is 17.8 Å². The van der Waals surface area contributed by atoms with E-state index in [2.05, 4.69) is 20.6 Å². The molecule has 2 N–H and O–H groups in total. The van der Waals surface area contributed by atoms with E-state index in [9.17, 15) is 4.79 Å². The van der Waals surface area contributed by atoms with Gasteiger partial charge in [0.25, 0.3) is 0 Å². The fourth-order valence-electron chi connectivity index (χ4n) is 3.91. The largest absolute Gasteiger partial charge is 0.378 e. The Labute approximate surface area is 151 Å². The highest BCUT2D eigenvalue weighted by Crippen LogP contribution is 2.57. The van der Waals surface area contributed by atoms with Crippen LogP contribution < -0.4 is 10.6 Å². The number of ether oxygens (including phenoxy) is 1. The van der Waals surface area contributed by atoms with Gasteiger partial charge in [-0.3, -0.25) is 10.3 Å². The van der Waals surface area contributed by atoms with Crippen LogP contribution in [0, 0.1) is 5.41 Å². The first-order valence-electron chi connectivity index (χ1n) is 8.76. The molecule has 2 saturated carbocycles. The summed E-state index contributed by atoms with van der Waals surface area (Å²) >= 11 is 1.42. The summed E-state index contributed by atoms with van der Waals surface area (Å²) in [5, 5.41) is 8.50. The second-order valence-electron chi connectivity index (χ2n) is 6.70. The predicted octanol–water partition coefficient (Wildman–Crippen LogP) is 3.67. The van der Waals surface area contributed by atoms with Crippen LogP contribution in [0.1, 0.15) is 32.6 Å².